The molecule has 0 radical (unpaired) electrons. The minimum Gasteiger partial charge on any atom is -0.352 e. The van der Waals surface area contributed by atoms with Crippen LogP contribution in [0.5, 0.6) is 0 Å². The van der Waals surface area contributed by atoms with E-state index < -0.39 is 5.25 Å². The number of carbonyl (C=O) groups excluding carboxylic acids is 2. The van der Waals surface area contributed by atoms with Crippen molar-refractivity contribution >= 4 is 40.9 Å². The molecule has 1 atom stereocenters. The van der Waals surface area contributed by atoms with Crippen molar-refractivity contribution in [3.8, 4) is 0 Å². The maximum atomic E-state index is 12.3. The number of benzene rings is 2. The van der Waals surface area contributed by atoms with Crippen molar-refractivity contribution in [1.82, 2.24) is 15.5 Å². The molecular weight excluding hydrogens is 412 g/mol. The first-order valence-electron chi connectivity index (χ1n) is 8.96. The molecule has 2 heterocycles. The Bertz CT molecular complexity index is 1040. The molecule has 29 heavy (non-hydrogen) atoms. The maximum absolute atomic E-state index is 12.3. The van der Waals surface area contributed by atoms with E-state index in [0.717, 1.165) is 10.5 Å². The van der Waals surface area contributed by atoms with E-state index in [9.17, 15) is 9.59 Å². The van der Waals surface area contributed by atoms with Crippen LogP contribution in [0.15, 0.2) is 57.9 Å². The lowest BCUT2D eigenvalue weighted by Crippen LogP contribution is -2.30. The average molecular weight is 429 g/mol. The number of nitrogens with one attached hydrogen (secondary N) is 2. The minimum absolute atomic E-state index is 0.0155. The fourth-order valence-electron chi connectivity index (χ4n) is 2.86. The van der Waals surface area contributed by atoms with Crippen molar-refractivity contribution in [1.29, 1.82) is 0 Å². The summed E-state index contributed by atoms with van der Waals surface area (Å²) in [5, 5.41) is 9.68. The van der Waals surface area contributed by atoms with E-state index in [1.165, 1.54) is 11.8 Å². The summed E-state index contributed by atoms with van der Waals surface area (Å²) in [6, 6.07) is 15.0. The number of hydrogen-bond donors (Lipinski definition) is 2. The van der Waals surface area contributed by atoms with Gasteiger partial charge in [-0.1, -0.05) is 47.1 Å². The van der Waals surface area contributed by atoms with Crippen molar-refractivity contribution in [2.45, 2.75) is 29.5 Å². The van der Waals surface area contributed by atoms with Crippen LogP contribution in [0.3, 0.4) is 0 Å². The molecule has 2 aromatic carbocycles. The van der Waals surface area contributed by atoms with Crippen LogP contribution in [0.25, 0.3) is 0 Å². The van der Waals surface area contributed by atoms with Crippen LogP contribution < -0.4 is 10.6 Å². The van der Waals surface area contributed by atoms with E-state index >= 15 is 0 Å². The fraction of sp³-hybridized carbons (Fsp3) is 0.200. The topological polar surface area (TPSA) is 97.1 Å². The largest absolute Gasteiger partial charge is 0.352 e. The molecule has 3 aromatic rings. The molecule has 2 N–H and O–H groups in total. The van der Waals surface area contributed by atoms with Crippen LogP contribution in [-0.4, -0.2) is 27.2 Å². The number of halogens is 1. The van der Waals surface area contributed by atoms with Crippen molar-refractivity contribution < 1.29 is 14.1 Å². The van der Waals surface area contributed by atoms with Gasteiger partial charge in [0.1, 0.15) is 0 Å². The van der Waals surface area contributed by atoms with Gasteiger partial charge in [-0.25, -0.2) is 0 Å². The van der Waals surface area contributed by atoms with Gasteiger partial charge in [-0.3, -0.25) is 9.59 Å². The van der Waals surface area contributed by atoms with Crippen molar-refractivity contribution in [2.24, 2.45) is 0 Å². The molecule has 4 rings (SSSR count). The lowest BCUT2D eigenvalue weighted by molar-refractivity contribution is -0.120. The monoisotopic (exact) mass is 428 g/mol. The Morgan fingerprint density at radius 3 is 2.90 bits per heavy atom. The van der Waals surface area contributed by atoms with Crippen molar-refractivity contribution in [2.75, 3.05) is 5.32 Å². The Kier molecular flexibility index (Phi) is 5.82. The quantitative estimate of drug-likeness (QED) is 0.625. The Morgan fingerprint density at radius 2 is 2.07 bits per heavy atom. The van der Waals surface area contributed by atoms with Crippen LogP contribution in [0.1, 0.15) is 17.3 Å². The van der Waals surface area contributed by atoms with Gasteiger partial charge in [0, 0.05) is 22.9 Å². The Hall–Kier alpha value is -2.84. The number of rotatable bonds is 6. The van der Waals surface area contributed by atoms with Crippen LogP contribution in [-0.2, 0) is 29.0 Å². The predicted octanol–water partition coefficient (Wildman–Crippen LogP) is 3.24. The summed E-state index contributed by atoms with van der Waals surface area (Å²) < 4.78 is 5.23. The summed E-state index contributed by atoms with van der Waals surface area (Å²) in [6.45, 7) is 0.437. The van der Waals surface area contributed by atoms with E-state index in [2.05, 4.69) is 20.8 Å². The fourth-order valence-corrected chi connectivity index (χ4v) is 4.12. The smallest absolute Gasteiger partial charge is 0.238 e. The number of anilines is 1. The summed E-state index contributed by atoms with van der Waals surface area (Å²) in [6.07, 6.45) is 0.291. The molecule has 0 saturated carbocycles. The van der Waals surface area contributed by atoms with Gasteiger partial charge >= 0.3 is 0 Å². The molecule has 1 unspecified atom stereocenters. The van der Waals surface area contributed by atoms with E-state index in [-0.39, 0.29) is 24.7 Å². The van der Waals surface area contributed by atoms with E-state index in [1.54, 1.807) is 12.1 Å². The Morgan fingerprint density at radius 1 is 1.24 bits per heavy atom. The molecule has 1 aromatic heterocycles. The molecule has 0 aliphatic carbocycles. The third kappa shape index (κ3) is 4.96. The summed E-state index contributed by atoms with van der Waals surface area (Å²) in [7, 11) is 0. The zero-order valence-electron chi connectivity index (χ0n) is 15.2. The molecule has 0 fully saturated rings. The summed E-state index contributed by atoms with van der Waals surface area (Å²) in [5.74, 6) is 0.266. The maximum Gasteiger partial charge on any atom is 0.238 e. The molecule has 0 spiro atoms. The Labute approximate surface area is 176 Å². The highest BCUT2D eigenvalue weighted by molar-refractivity contribution is 8.01. The third-order valence-corrected chi connectivity index (χ3v) is 5.79. The molecule has 1 aliphatic rings. The first-order valence-corrected chi connectivity index (χ1v) is 10.2. The normalized spacial score (nSPS) is 15.5. The number of fused-ring (bicyclic) bond motifs is 1. The summed E-state index contributed by atoms with van der Waals surface area (Å²) in [5.41, 5.74) is 1.71. The van der Waals surface area contributed by atoms with Gasteiger partial charge in [0.2, 0.25) is 17.7 Å². The van der Waals surface area contributed by atoms with E-state index in [1.807, 2.05) is 36.4 Å². The van der Waals surface area contributed by atoms with Crippen molar-refractivity contribution in [3.63, 3.8) is 0 Å². The third-order valence-electron chi connectivity index (χ3n) is 4.28. The van der Waals surface area contributed by atoms with Crippen LogP contribution >= 0.6 is 23.4 Å². The number of nitrogens with zero attached hydrogens (tertiary/aromatic N) is 2. The average Bonchev–Trinajstić information content (AvgIpc) is 3.15. The SMILES string of the molecule is O=C(Cc1noc(CC2Sc3ccc(Cl)cc3NC2=O)n1)NCc1ccccc1. The van der Waals surface area contributed by atoms with Crippen LogP contribution in [0.2, 0.25) is 5.02 Å². The minimum atomic E-state index is -0.399. The summed E-state index contributed by atoms with van der Waals surface area (Å²) >= 11 is 7.39. The second-order valence-electron chi connectivity index (χ2n) is 6.48. The van der Waals surface area contributed by atoms with Gasteiger partial charge < -0.3 is 15.2 Å². The number of aromatic nitrogens is 2. The standard InChI is InChI=1S/C20H17ClN4O3S/c21-13-6-7-15-14(8-13)23-20(27)16(29-15)9-19-24-17(25-28-19)10-18(26)22-11-12-4-2-1-3-5-12/h1-8,16H,9-11H2,(H,22,26)(H,23,27). The van der Waals surface area contributed by atoms with Gasteiger partial charge in [0.05, 0.1) is 17.4 Å². The van der Waals surface area contributed by atoms with Gasteiger partial charge in [0.15, 0.2) is 5.82 Å². The second kappa shape index (κ2) is 8.67. The predicted molar refractivity (Wildman–Crippen MR) is 110 cm³/mol. The molecule has 9 heteroatoms. The zero-order valence-corrected chi connectivity index (χ0v) is 16.8. The molecular formula is C20H17ClN4O3S. The van der Waals surface area contributed by atoms with Gasteiger partial charge in [-0.05, 0) is 23.8 Å². The lowest BCUT2D eigenvalue weighted by Gasteiger charge is -2.23. The molecule has 2 amide bonds. The molecule has 0 bridgehead atoms. The molecule has 1 aliphatic heterocycles. The number of carbonyl (C=O) groups is 2. The molecule has 7 nitrogen and oxygen atoms in total. The number of thioether (sulfide) groups is 1. The molecule has 0 saturated heterocycles. The van der Waals surface area contributed by atoms with Crippen molar-refractivity contribution in [3.05, 3.63) is 70.8 Å². The van der Waals surface area contributed by atoms with E-state index in [0.29, 0.717) is 29.0 Å². The highest BCUT2D eigenvalue weighted by atomic mass is 35.5. The zero-order chi connectivity index (χ0) is 20.2. The molecule has 148 valence electrons. The summed E-state index contributed by atoms with van der Waals surface area (Å²) in [4.78, 5) is 29.6. The second-order valence-corrected chi connectivity index (χ2v) is 8.16. The number of amides is 2. The first kappa shape index (κ1) is 19.5. The number of hydrogen-bond acceptors (Lipinski definition) is 6. The highest BCUT2D eigenvalue weighted by Crippen LogP contribution is 2.38. The van der Waals surface area contributed by atoms with E-state index in [4.69, 9.17) is 16.1 Å². The van der Waals surface area contributed by atoms with Gasteiger partial charge in [-0.2, -0.15) is 4.98 Å². The lowest BCUT2D eigenvalue weighted by atomic mass is 10.2. The van der Waals surface area contributed by atoms with Crippen LogP contribution in [0, 0.1) is 0 Å². The van der Waals surface area contributed by atoms with Gasteiger partial charge in [0.25, 0.3) is 0 Å². The van der Waals surface area contributed by atoms with Crippen LogP contribution in [0.4, 0.5) is 5.69 Å². The highest BCUT2D eigenvalue weighted by Gasteiger charge is 2.29. The van der Waals surface area contributed by atoms with Gasteiger partial charge in [-0.15, -0.1) is 11.8 Å². The first-order chi connectivity index (χ1) is 14.1. The Balaban J connectivity index is 1.32.